The lowest BCUT2D eigenvalue weighted by atomic mass is 10.2. The molecule has 1 aliphatic rings. The van der Waals surface area contributed by atoms with Crippen LogP contribution in [0.3, 0.4) is 0 Å². The zero-order valence-electron chi connectivity index (χ0n) is 15.1. The number of hydrogen-bond donors (Lipinski definition) is 1. The maximum atomic E-state index is 4.78. The predicted molar refractivity (Wildman–Crippen MR) is 105 cm³/mol. The van der Waals surface area contributed by atoms with E-state index < -0.39 is 0 Å². The van der Waals surface area contributed by atoms with Gasteiger partial charge >= 0.3 is 0 Å². The van der Waals surface area contributed by atoms with Gasteiger partial charge in [-0.05, 0) is 31.3 Å². The molecule has 3 heterocycles. The molecule has 6 nitrogen and oxygen atoms in total. The van der Waals surface area contributed by atoms with Gasteiger partial charge in [-0.1, -0.05) is 12.1 Å². The van der Waals surface area contributed by atoms with Gasteiger partial charge in [-0.15, -0.1) is 0 Å². The number of anilines is 1. The molecule has 2 aromatic heterocycles. The summed E-state index contributed by atoms with van der Waals surface area (Å²) in [5.74, 6) is 1.60. The van der Waals surface area contributed by atoms with Crippen LogP contribution in [0.4, 0.5) is 5.82 Å². The summed E-state index contributed by atoms with van der Waals surface area (Å²) in [5, 5.41) is 4.58. The molecule has 1 aromatic carbocycles. The quantitative estimate of drug-likeness (QED) is 0.764. The molecule has 0 amide bonds. The number of likely N-dealkylation sites (N-methyl/N-ethyl adjacent to an activating group) is 1. The standard InChI is InChI=1S/C20H24N6/c1-25-11-13-26(14-12-25)10-9-22-20-17-6-2-3-7-18(17)23-19(24-20)16-5-4-8-21-15-16/h2-8,15H,9-14H2,1H3,(H,22,23,24). The van der Waals surface area contributed by atoms with Crippen molar-refractivity contribution >= 4 is 16.7 Å². The second-order valence-electron chi connectivity index (χ2n) is 6.73. The highest BCUT2D eigenvalue weighted by molar-refractivity contribution is 5.90. The topological polar surface area (TPSA) is 57.2 Å². The van der Waals surface area contributed by atoms with Crippen LogP contribution in [0.5, 0.6) is 0 Å². The molecule has 0 aliphatic carbocycles. The molecule has 0 bridgehead atoms. The fraction of sp³-hybridized carbons (Fsp3) is 0.350. The van der Waals surface area contributed by atoms with Gasteiger partial charge in [-0.3, -0.25) is 9.88 Å². The third kappa shape index (κ3) is 3.81. The number of nitrogens with zero attached hydrogens (tertiary/aromatic N) is 5. The van der Waals surface area contributed by atoms with E-state index in [2.05, 4.69) is 33.2 Å². The molecule has 0 spiro atoms. The normalized spacial score (nSPS) is 16.0. The Morgan fingerprint density at radius 1 is 1.00 bits per heavy atom. The van der Waals surface area contributed by atoms with Crippen LogP contribution < -0.4 is 5.32 Å². The van der Waals surface area contributed by atoms with Crippen LogP contribution in [-0.4, -0.2) is 71.1 Å². The largest absolute Gasteiger partial charge is 0.368 e. The third-order valence-corrected chi connectivity index (χ3v) is 4.84. The molecule has 4 rings (SSSR count). The Bertz CT molecular complexity index is 859. The first kappa shape index (κ1) is 16.9. The van der Waals surface area contributed by atoms with E-state index in [0.29, 0.717) is 5.82 Å². The highest BCUT2D eigenvalue weighted by Gasteiger charge is 2.14. The number of rotatable bonds is 5. The Labute approximate surface area is 153 Å². The number of hydrogen-bond acceptors (Lipinski definition) is 6. The van der Waals surface area contributed by atoms with Crippen LogP contribution in [0.25, 0.3) is 22.3 Å². The van der Waals surface area contributed by atoms with Gasteiger partial charge in [0.15, 0.2) is 5.82 Å². The number of fused-ring (bicyclic) bond motifs is 1. The van der Waals surface area contributed by atoms with Crippen molar-refractivity contribution < 1.29 is 0 Å². The lowest BCUT2D eigenvalue weighted by Crippen LogP contribution is -2.45. The second-order valence-corrected chi connectivity index (χ2v) is 6.73. The first-order valence-corrected chi connectivity index (χ1v) is 9.11. The zero-order chi connectivity index (χ0) is 17.8. The van der Waals surface area contributed by atoms with Crippen LogP contribution in [0.1, 0.15) is 0 Å². The van der Waals surface area contributed by atoms with Crippen LogP contribution in [0.2, 0.25) is 0 Å². The summed E-state index contributed by atoms with van der Waals surface area (Å²) in [6, 6.07) is 12.0. The van der Waals surface area contributed by atoms with E-state index in [9.17, 15) is 0 Å². The molecule has 6 heteroatoms. The van der Waals surface area contributed by atoms with Crippen molar-refractivity contribution in [2.75, 3.05) is 51.6 Å². The molecule has 1 saturated heterocycles. The van der Waals surface area contributed by atoms with Crippen molar-refractivity contribution in [3.8, 4) is 11.4 Å². The Kier molecular flexibility index (Phi) is 5.04. The Morgan fingerprint density at radius 3 is 2.65 bits per heavy atom. The molecule has 134 valence electrons. The van der Waals surface area contributed by atoms with Crippen molar-refractivity contribution in [2.45, 2.75) is 0 Å². The number of benzene rings is 1. The van der Waals surface area contributed by atoms with Gasteiger partial charge in [0, 0.05) is 62.6 Å². The third-order valence-electron chi connectivity index (χ3n) is 4.84. The average molecular weight is 348 g/mol. The average Bonchev–Trinajstić information content (AvgIpc) is 2.70. The first-order valence-electron chi connectivity index (χ1n) is 9.11. The summed E-state index contributed by atoms with van der Waals surface area (Å²) in [7, 11) is 2.18. The molecule has 0 atom stereocenters. The smallest absolute Gasteiger partial charge is 0.163 e. The molecule has 0 radical (unpaired) electrons. The molecular formula is C20H24N6. The van der Waals surface area contributed by atoms with Gasteiger partial charge in [0.05, 0.1) is 5.52 Å². The lowest BCUT2D eigenvalue weighted by Gasteiger charge is -2.32. The van der Waals surface area contributed by atoms with Crippen molar-refractivity contribution in [2.24, 2.45) is 0 Å². The molecule has 1 N–H and O–H groups in total. The van der Waals surface area contributed by atoms with E-state index in [4.69, 9.17) is 9.97 Å². The summed E-state index contributed by atoms with van der Waals surface area (Å²) in [6.45, 7) is 6.43. The van der Waals surface area contributed by atoms with Crippen LogP contribution in [0.15, 0.2) is 48.8 Å². The van der Waals surface area contributed by atoms with Gasteiger partial charge in [0.25, 0.3) is 0 Å². The van der Waals surface area contributed by atoms with Crippen molar-refractivity contribution in [1.82, 2.24) is 24.8 Å². The maximum Gasteiger partial charge on any atom is 0.163 e. The molecule has 0 saturated carbocycles. The van der Waals surface area contributed by atoms with Crippen LogP contribution in [0, 0.1) is 0 Å². The van der Waals surface area contributed by atoms with E-state index in [-0.39, 0.29) is 0 Å². The van der Waals surface area contributed by atoms with E-state index in [1.807, 2.05) is 30.3 Å². The molecule has 3 aromatic rings. The van der Waals surface area contributed by atoms with Crippen molar-refractivity contribution in [1.29, 1.82) is 0 Å². The molecule has 1 fully saturated rings. The van der Waals surface area contributed by atoms with E-state index in [0.717, 1.165) is 61.6 Å². The van der Waals surface area contributed by atoms with Gasteiger partial charge < -0.3 is 10.2 Å². The Hall–Kier alpha value is -2.57. The van der Waals surface area contributed by atoms with E-state index in [1.165, 1.54) is 0 Å². The van der Waals surface area contributed by atoms with E-state index in [1.54, 1.807) is 12.4 Å². The minimum Gasteiger partial charge on any atom is -0.368 e. The minimum absolute atomic E-state index is 0.707. The van der Waals surface area contributed by atoms with E-state index >= 15 is 0 Å². The number of nitrogens with one attached hydrogen (secondary N) is 1. The fourth-order valence-electron chi connectivity index (χ4n) is 3.24. The Morgan fingerprint density at radius 2 is 1.85 bits per heavy atom. The molecular weight excluding hydrogens is 324 g/mol. The highest BCUT2D eigenvalue weighted by Crippen LogP contribution is 2.24. The number of para-hydroxylation sites is 1. The lowest BCUT2D eigenvalue weighted by molar-refractivity contribution is 0.158. The predicted octanol–water partition coefficient (Wildman–Crippen LogP) is 2.35. The van der Waals surface area contributed by atoms with Gasteiger partial charge in [0.2, 0.25) is 0 Å². The second kappa shape index (κ2) is 7.76. The van der Waals surface area contributed by atoms with Gasteiger partial charge in [-0.25, -0.2) is 9.97 Å². The molecule has 0 unspecified atom stereocenters. The zero-order valence-corrected chi connectivity index (χ0v) is 15.1. The maximum absolute atomic E-state index is 4.78. The number of pyridine rings is 1. The summed E-state index contributed by atoms with van der Waals surface area (Å²) >= 11 is 0. The number of piperazine rings is 1. The summed E-state index contributed by atoms with van der Waals surface area (Å²) < 4.78 is 0. The first-order chi connectivity index (χ1) is 12.8. The Balaban J connectivity index is 1.53. The van der Waals surface area contributed by atoms with Crippen molar-refractivity contribution in [3.05, 3.63) is 48.8 Å². The van der Waals surface area contributed by atoms with Crippen LogP contribution in [-0.2, 0) is 0 Å². The summed E-state index contributed by atoms with van der Waals surface area (Å²) in [4.78, 5) is 18.5. The monoisotopic (exact) mass is 348 g/mol. The van der Waals surface area contributed by atoms with Crippen molar-refractivity contribution in [3.63, 3.8) is 0 Å². The van der Waals surface area contributed by atoms with Gasteiger partial charge in [-0.2, -0.15) is 0 Å². The number of aromatic nitrogens is 3. The van der Waals surface area contributed by atoms with Gasteiger partial charge in [0.1, 0.15) is 5.82 Å². The molecule has 1 aliphatic heterocycles. The van der Waals surface area contributed by atoms with Crippen LogP contribution >= 0.6 is 0 Å². The molecule has 26 heavy (non-hydrogen) atoms. The SMILES string of the molecule is CN1CCN(CCNc2nc(-c3cccnc3)nc3ccccc23)CC1. The fourth-order valence-corrected chi connectivity index (χ4v) is 3.24. The minimum atomic E-state index is 0.707. The highest BCUT2D eigenvalue weighted by atomic mass is 15.2. The summed E-state index contributed by atoms with van der Waals surface area (Å²) in [5.41, 5.74) is 1.88. The summed E-state index contributed by atoms with van der Waals surface area (Å²) in [6.07, 6.45) is 3.57.